The number of carboxylic acids is 1. The molecule has 3 heteroatoms. The third-order valence-corrected chi connectivity index (χ3v) is 3.34. The highest BCUT2D eigenvalue weighted by atomic mass is 16.5. The van der Waals surface area contributed by atoms with Crippen LogP contribution in [0.25, 0.3) is 10.8 Å². The zero-order chi connectivity index (χ0) is 14.7. The van der Waals surface area contributed by atoms with Gasteiger partial charge >= 0.3 is 5.97 Å². The minimum atomic E-state index is -0.983. The van der Waals surface area contributed by atoms with Crippen LogP contribution in [0.1, 0.15) is 15.9 Å². The Kier molecular flexibility index (Phi) is 3.56. The Balaban J connectivity index is 2.02. The third kappa shape index (κ3) is 2.72. The van der Waals surface area contributed by atoms with Crippen molar-refractivity contribution in [2.45, 2.75) is 6.61 Å². The molecule has 0 fully saturated rings. The van der Waals surface area contributed by atoms with Crippen LogP contribution in [-0.4, -0.2) is 11.1 Å². The fourth-order valence-corrected chi connectivity index (χ4v) is 2.30. The summed E-state index contributed by atoms with van der Waals surface area (Å²) < 4.78 is 5.82. The Morgan fingerprint density at radius 2 is 1.62 bits per heavy atom. The predicted octanol–water partition coefficient (Wildman–Crippen LogP) is 4.12. The lowest BCUT2D eigenvalue weighted by Gasteiger charge is -2.12. The number of rotatable bonds is 4. The van der Waals surface area contributed by atoms with Crippen molar-refractivity contribution in [3.63, 3.8) is 0 Å². The Morgan fingerprint density at radius 1 is 0.905 bits per heavy atom. The van der Waals surface area contributed by atoms with Gasteiger partial charge in [0.2, 0.25) is 0 Å². The first-order valence-electron chi connectivity index (χ1n) is 6.67. The highest BCUT2D eigenvalue weighted by molar-refractivity contribution is 6.00. The topological polar surface area (TPSA) is 46.5 Å². The molecule has 0 aromatic heterocycles. The van der Waals surface area contributed by atoms with E-state index in [-0.39, 0.29) is 5.56 Å². The molecule has 0 atom stereocenters. The summed E-state index contributed by atoms with van der Waals surface area (Å²) in [5.74, 6) is -0.562. The molecule has 21 heavy (non-hydrogen) atoms. The summed E-state index contributed by atoms with van der Waals surface area (Å²) in [6, 6.07) is 20.7. The maximum atomic E-state index is 11.4. The van der Waals surface area contributed by atoms with E-state index < -0.39 is 5.97 Å². The summed E-state index contributed by atoms with van der Waals surface area (Å²) >= 11 is 0. The molecule has 0 aliphatic heterocycles. The minimum Gasteiger partial charge on any atom is -0.487 e. The number of ether oxygens (including phenoxy) is 1. The second kappa shape index (κ2) is 5.67. The van der Waals surface area contributed by atoms with E-state index in [1.807, 2.05) is 54.6 Å². The largest absolute Gasteiger partial charge is 0.487 e. The molecule has 0 bridgehead atoms. The molecule has 1 N–H and O–H groups in total. The molecule has 0 saturated carbocycles. The molecule has 0 amide bonds. The quantitative estimate of drug-likeness (QED) is 0.781. The van der Waals surface area contributed by atoms with Crippen LogP contribution in [0.5, 0.6) is 5.75 Å². The van der Waals surface area contributed by atoms with Crippen LogP contribution in [0.15, 0.2) is 66.7 Å². The molecular weight excluding hydrogens is 264 g/mol. The van der Waals surface area contributed by atoms with Crippen molar-refractivity contribution in [1.82, 2.24) is 0 Å². The molecule has 0 heterocycles. The maximum Gasteiger partial charge on any atom is 0.339 e. The van der Waals surface area contributed by atoms with Crippen molar-refractivity contribution in [3.8, 4) is 5.75 Å². The summed E-state index contributed by atoms with van der Waals surface area (Å²) in [4.78, 5) is 11.4. The number of aromatic carboxylic acids is 1. The van der Waals surface area contributed by atoms with Crippen molar-refractivity contribution in [1.29, 1.82) is 0 Å². The Bertz CT molecular complexity index is 779. The smallest absolute Gasteiger partial charge is 0.339 e. The van der Waals surface area contributed by atoms with E-state index in [4.69, 9.17) is 4.74 Å². The standard InChI is InChI=1S/C18H14O3/c19-18(20)16-11-10-14-8-4-5-9-15(14)17(16)21-12-13-6-2-1-3-7-13/h1-11H,12H2,(H,19,20). The Labute approximate surface area is 122 Å². The monoisotopic (exact) mass is 278 g/mol. The highest BCUT2D eigenvalue weighted by Gasteiger charge is 2.14. The van der Waals surface area contributed by atoms with E-state index >= 15 is 0 Å². The van der Waals surface area contributed by atoms with Gasteiger partial charge in [0.05, 0.1) is 0 Å². The average molecular weight is 278 g/mol. The van der Waals surface area contributed by atoms with Crippen LogP contribution in [0.2, 0.25) is 0 Å². The van der Waals surface area contributed by atoms with Gasteiger partial charge in [0.1, 0.15) is 17.9 Å². The van der Waals surface area contributed by atoms with Crippen molar-refractivity contribution < 1.29 is 14.6 Å². The van der Waals surface area contributed by atoms with Gasteiger partial charge in [-0.1, -0.05) is 60.7 Å². The van der Waals surface area contributed by atoms with Gasteiger partial charge in [-0.2, -0.15) is 0 Å². The summed E-state index contributed by atoms with van der Waals surface area (Å²) in [7, 11) is 0. The number of fused-ring (bicyclic) bond motifs is 1. The van der Waals surface area contributed by atoms with E-state index in [1.54, 1.807) is 12.1 Å². The average Bonchev–Trinajstić information content (AvgIpc) is 2.53. The maximum absolute atomic E-state index is 11.4. The van der Waals surface area contributed by atoms with Crippen LogP contribution in [0.3, 0.4) is 0 Å². The van der Waals surface area contributed by atoms with Gasteiger partial charge in [-0.3, -0.25) is 0 Å². The SMILES string of the molecule is O=C(O)c1ccc2ccccc2c1OCc1ccccc1. The number of carbonyl (C=O) groups is 1. The van der Waals surface area contributed by atoms with Gasteiger partial charge in [0.25, 0.3) is 0 Å². The van der Waals surface area contributed by atoms with Gasteiger partial charge in [0, 0.05) is 5.39 Å². The number of carboxylic acid groups (broad SMARTS) is 1. The van der Waals surface area contributed by atoms with E-state index in [9.17, 15) is 9.90 Å². The summed E-state index contributed by atoms with van der Waals surface area (Å²) in [6.45, 7) is 0.342. The fraction of sp³-hybridized carbons (Fsp3) is 0.0556. The third-order valence-electron chi connectivity index (χ3n) is 3.34. The molecule has 0 aliphatic carbocycles. The molecule has 0 aliphatic rings. The number of hydrogen-bond donors (Lipinski definition) is 1. The Morgan fingerprint density at radius 3 is 2.38 bits per heavy atom. The molecule has 3 nitrogen and oxygen atoms in total. The molecule has 3 aromatic rings. The van der Waals surface area contributed by atoms with Crippen LogP contribution in [0, 0.1) is 0 Å². The van der Waals surface area contributed by atoms with Crippen LogP contribution >= 0.6 is 0 Å². The summed E-state index contributed by atoms with van der Waals surface area (Å²) in [5, 5.41) is 11.1. The second-order valence-corrected chi connectivity index (χ2v) is 4.74. The van der Waals surface area contributed by atoms with Crippen LogP contribution < -0.4 is 4.74 Å². The lowest BCUT2D eigenvalue weighted by molar-refractivity contribution is 0.0692. The first-order chi connectivity index (χ1) is 10.3. The summed E-state index contributed by atoms with van der Waals surface area (Å²) in [6.07, 6.45) is 0. The summed E-state index contributed by atoms with van der Waals surface area (Å²) in [5.41, 5.74) is 1.19. The zero-order valence-electron chi connectivity index (χ0n) is 11.3. The fourth-order valence-electron chi connectivity index (χ4n) is 2.30. The van der Waals surface area contributed by atoms with Gasteiger partial charge in [-0.25, -0.2) is 4.79 Å². The molecule has 3 aromatic carbocycles. The molecule has 0 spiro atoms. The lowest BCUT2D eigenvalue weighted by atomic mass is 10.1. The number of benzene rings is 3. The zero-order valence-corrected chi connectivity index (χ0v) is 11.3. The molecule has 104 valence electrons. The van der Waals surface area contributed by atoms with Gasteiger partial charge < -0.3 is 9.84 Å². The second-order valence-electron chi connectivity index (χ2n) is 4.74. The predicted molar refractivity (Wildman–Crippen MR) is 81.7 cm³/mol. The first kappa shape index (κ1) is 13.2. The van der Waals surface area contributed by atoms with E-state index in [1.165, 1.54) is 0 Å². The lowest BCUT2D eigenvalue weighted by Crippen LogP contribution is -2.04. The molecule has 0 radical (unpaired) electrons. The van der Waals surface area contributed by atoms with E-state index in [2.05, 4.69) is 0 Å². The molecule has 3 rings (SSSR count). The first-order valence-corrected chi connectivity index (χ1v) is 6.67. The number of hydrogen-bond acceptors (Lipinski definition) is 2. The minimum absolute atomic E-state index is 0.185. The van der Waals surface area contributed by atoms with Crippen molar-refractivity contribution in [3.05, 3.63) is 77.9 Å². The normalized spacial score (nSPS) is 10.5. The van der Waals surface area contributed by atoms with Crippen LogP contribution in [0.4, 0.5) is 0 Å². The van der Waals surface area contributed by atoms with E-state index in [0.717, 1.165) is 16.3 Å². The van der Waals surface area contributed by atoms with Crippen molar-refractivity contribution in [2.24, 2.45) is 0 Å². The highest BCUT2D eigenvalue weighted by Crippen LogP contribution is 2.30. The molecular formula is C18H14O3. The van der Waals surface area contributed by atoms with Crippen LogP contribution in [-0.2, 0) is 6.61 Å². The van der Waals surface area contributed by atoms with Crippen molar-refractivity contribution in [2.75, 3.05) is 0 Å². The van der Waals surface area contributed by atoms with Crippen molar-refractivity contribution >= 4 is 16.7 Å². The van der Waals surface area contributed by atoms with E-state index in [0.29, 0.717) is 12.4 Å². The van der Waals surface area contributed by atoms with Gasteiger partial charge in [-0.15, -0.1) is 0 Å². The molecule has 0 unspecified atom stereocenters. The Hall–Kier alpha value is -2.81. The molecule has 0 saturated heterocycles. The van der Waals surface area contributed by atoms with Gasteiger partial charge in [0.15, 0.2) is 0 Å². The van der Waals surface area contributed by atoms with Gasteiger partial charge in [-0.05, 0) is 17.0 Å².